The second-order valence-electron chi connectivity index (χ2n) is 2.89. The minimum Gasteiger partial charge on any atom is -0.356 e. The van der Waals surface area contributed by atoms with Crippen LogP contribution in [-0.4, -0.2) is 12.5 Å². The van der Waals surface area contributed by atoms with Gasteiger partial charge in [0.15, 0.2) is 0 Å². The molecule has 0 aromatic carbocycles. The molecule has 0 aromatic rings. The zero-order chi connectivity index (χ0) is 7.40. The van der Waals surface area contributed by atoms with Crippen LogP contribution in [0.4, 0.5) is 0 Å². The molecule has 1 amide bonds. The molecule has 1 N–H and O–H groups in total. The van der Waals surface area contributed by atoms with Crippen LogP contribution in [0.1, 0.15) is 34.0 Å². The molecule has 0 unspecified atom stereocenters. The van der Waals surface area contributed by atoms with Crippen molar-refractivity contribution in [3.63, 3.8) is 0 Å². The summed E-state index contributed by atoms with van der Waals surface area (Å²) in [7, 11) is 0. The van der Waals surface area contributed by atoms with Gasteiger partial charge in [-0.25, -0.2) is 0 Å². The van der Waals surface area contributed by atoms with E-state index in [1.807, 2.05) is 0 Å². The maximum Gasteiger partial charge on any atom is 0.223 e. The van der Waals surface area contributed by atoms with Gasteiger partial charge in [-0.15, -0.1) is 0 Å². The van der Waals surface area contributed by atoms with Gasteiger partial charge in [-0.05, 0) is 19.3 Å². The van der Waals surface area contributed by atoms with Crippen molar-refractivity contribution in [3.05, 3.63) is 0 Å². The highest BCUT2D eigenvalue weighted by atomic mass is 16.1. The quantitative estimate of drug-likeness (QED) is 0.593. The minimum absolute atomic E-state index is 0. The van der Waals surface area contributed by atoms with Gasteiger partial charge in [-0.3, -0.25) is 4.79 Å². The van der Waals surface area contributed by atoms with Gasteiger partial charge in [-0.1, -0.05) is 13.3 Å². The lowest BCUT2D eigenvalue weighted by Gasteiger charge is -2.08. The Hall–Kier alpha value is -0.530. The Morgan fingerprint density at radius 2 is 2.50 bits per heavy atom. The molecule has 1 aliphatic heterocycles. The van der Waals surface area contributed by atoms with E-state index >= 15 is 0 Å². The molecule has 0 aliphatic carbocycles. The zero-order valence-electron chi connectivity index (χ0n) is 6.52. The molecule has 1 atom stereocenters. The van der Waals surface area contributed by atoms with Crippen molar-refractivity contribution < 1.29 is 6.22 Å². The van der Waals surface area contributed by atoms with Crippen LogP contribution in [-0.2, 0) is 4.79 Å². The Morgan fingerprint density at radius 1 is 1.70 bits per heavy atom. The normalized spacial score (nSPS) is 27.3. The lowest BCUT2D eigenvalue weighted by molar-refractivity contribution is -0.124. The highest BCUT2D eigenvalue weighted by molar-refractivity contribution is 5.78. The van der Waals surface area contributed by atoms with Gasteiger partial charge < -0.3 is 5.32 Å². The number of hydrogen-bond acceptors (Lipinski definition) is 1. The molecule has 1 saturated heterocycles. The standard InChI is InChI=1S/C8H15NO.H2/c1-2-7-5-3-4-6-9-8(7)10;/h7H,2-6H2,1H3,(H,9,10);1H/t7-;/m0./s1. The third kappa shape index (κ3) is 1.72. The number of hydrogen-bond donors (Lipinski definition) is 1. The maximum absolute atomic E-state index is 11.1. The molecular formula is C8H17NO. The number of amides is 1. The first-order valence-electron chi connectivity index (χ1n) is 4.12. The van der Waals surface area contributed by atoms with E-state index in [0.717, 1.165) is 25.8 Å². The highest BCUT2D eigenvalue weighted by Gasteiger charge is 2.17. The number of rotatable bonds is 1. The predicted molar refractivity (Wildman–Crippen MR) is 42.8 cm³/mol. The fraction of sp³-hybridized carbons (Fsp3) is 0.875. The molecule has 2 heteroatoms. The minimum atomic E-state index is 0. The average Bonchev–Trinajstić information content (AvgIpc) is 2.13. The van der Waals surface area contributed by atoms with E-state index < -0.39 is 0 Å². The summed E-state index contributed by atoms with van der Waals surface area (Å²) >= 11 is 0. The van der Waals surface area contributed by atoms with Crippen molar-refractivity contribution in [1.29, 1.82) is 0 Å². The van der Waals surface area contributed by atoms with E-state index in [0.29, 0.717) is 5.92 Å². The summed E-state index contributed by atoms with van der Waals surface area (Å²) in [5, 5.41) is 2.91. The summed E-state index contributed by atoms with van der Waals surface area (Å²) in [6, 6.07) is 0. The predicted octanol–water partition coefficient (Wildman–Crippen LogP) is 1.56. The fourth-order valence-corrected chi connectivity index (χ4v) is 1.39. The molecular weight excluding hydrogens is 126 g/mol. The maximum atomic E-state index is 11.1. The molecule has 0 saturated carbocycles. The van der Waals surface area contributed by atoms with Crippen LogP contribution in [0.2, 0.25) is 0 Å². The van der Waals surface area contributed by atoms with E-state index in [2.05, 4.69) is 12.2 Å². The van der Waals surface area contributed by atoms with E-state index in [1.165, 1.54) is 6.42 Å². The van der Waals surface area contributed by atoms with Gasteiger partial charge in [0.2, 0.25) is 5.91 Å². The van der Waals surface area contributed by atoms with Gasteiger partial charge in [-0.2, -0.15) is 0 Å². The fourth-order valence-electron chi connectivity index (χ4n) is 1.39. The number of carbonyl (C=O) groups excluding carboxylic acids is 1. The van der Waals surface area contributed by atoms with Crippen LogP contribution in [0.25, 0.3) is 0 Å². The number of carbonyl (C=O) groups is 1. The van der Waals surface area contributed by atoms with Crippen molar-refractivity contribution in [2.75, 3.05) is 6.54 Å². The molecule has 10 heavy (non-hydrogen) atoms. The molecule has 0 spiro atoms. The third-order valence-corrected chi connectivity index (χ3v) is 2.14. The monoisotopic (exact) mass is 143 g/mol. The van der Waals surface area contributed by atoms with E-state index in [9.17, 15) is 4.79 Å². The van der Waals surface area contributed by atoms with Gasteiger partial charge in [0.05, 0.1) is 0 Å². The Morgan fingerprint density at radius 3 is 3.20 bits per heavy atom. The summed E-state index contributed by atoms with van der Waals surface area (Å²) in [6.07, 6.45) is 4.44. The van der Waals surface area contributed by atoms with E-state index in [4.69, 9.17) is 0 Å². The smallest absolute Gasteiger partial charge is 0.223 e. The van der Waals surface area contributed by atoms with E-state index in [-0.39, 0.29) is 7.33 Å². The Kier molecular flexibility index (Phi) is 2.72. The lowest BCUT2D eigenvalue weighted by Crippen LogP contribution is -2.28. The molecule has 1 fully saturated rings. The summed E-state index contributed by atoms with van der Waals surface area (Å²) in [5.41, 5.74) is 0. The largest absolute Gasteiger partial charge is 0.356 e. The van der Waals surface area contributed by atoms with Crippen LogP contribution in [0.3, 0.4) is 0 Å². The second-order valence-corrected chi connectivity index (χ2v) is 2.89. The Balaban J connectivity index is 0.000001000. The summed E-state index contributed by atoms with van der Waals surface area (Å²) in [5.74, 6) is 0.558. The van der Waals surface area contributed by atoms with Crippen molar-refractivity contribution in [2.24, 2.45) is 5.92 Å². The summed E-state index contributed by atoms with van der Waals surface area (Å²) in [6.45, 7) is 2.96. The van der Waals surface area contributed by atoms with Crippen LogP contribution in [0.5, 0.6) is 0 Å². The molecule has 1 heterocycles. The van der Waals surface area contributed by atoms with Gasteiger partial charge in [0, 0.05) is 13.9 Å². The molecule has 0 aromatic heterocycles. The van der Waals surface area contributed by atoms with Crippen LogP contribution in [0.15, 0.2) is 0 Å². The lowest BCUT2D eigenvalue weighted by atomic mass is 10.0. The van der Waals surface area contributed by atoms with Crippen LogP contribution in [0, 0.1) is 5.92 Å². The Labute approximate surface area is 63.5 Å². The Bertz CT molecular complexity index is 127. The van der Waals surface area contributed by atoms with E-state index in [1.54, 1.807) is 0 Å². The SMILES string of the molecule is CC[C@H]1CCCCNC1=O.[HH]. The van der Waals surface area contributed by atoms with Gasteiger partial charge in [0.1, 0.15) is 0 Å². The molecule has 2 nitrogen and oxygen atoms in total. The van der Waals surface area contributed by atoms with Crippen molar-refractivity contribution in [1.82, 2.24) is 5.32 Å². The average molecular weight is 143 g/mol. The topological polar surface area (TPSA) is 29.1 Å². The second kappa shape index (κ2) is 3.59. The van der Waals surface area contributed by atoms with Crippen molar-refractivity contribution in [3.8, 4) is 0 Å². The first-order chi connectivity index (χ1) is 4.84. The van der Waals surface area contributed by atoms with Crippen molar-refractivity contribution in [2.45, 2.75) is 32.6 Å². The number of nitrogens with one attached hydrogen (secondary N) is 1. The summed E-state index contributed by atoms with van der Waals surface area (Å²) < 4.78 is 0. The molecule has 0 radical (unpaired) electrons. The molecule has 60 valence electrons. The van der Waals surface area contributed by atoms with Gasteiger partial charge in [0.25, 0.3) is 0 Å². The molecule has 1 aliphatic rings. The first-order valence-corrected chi connectivity index (χ1v) is 4.12. The highest BCUT2D eigenvalue weighted by Crippen LogP contribution is 2.14. The molecule has 1 rings (SSSR count). The van der Waals surface area contributed by atoms with Gasteiger partial charge >= 0.3 is 0 Å². The molecule has 0 bridgehead atoms. The van der Waals surface area contributed by atoms with Crippen LogP contribution < -0.4 is 5.32 Å². The van der Waals surface area contributed by atoms with Crippen LogP contribution >= 0.6 is 0 Å². The zero-order valence-corrected chi connectivity index (χ0v) is 6.52. The third-order valence-electron chi connectivity index (χ3n) is 2.14. The van der Waals surface area contributed by atoms with Crippen molar-refractivity contribution >= 4 is 5.91 Å². The summed E-state index contributed by atoms with van der Waals surface area (Å²) in [4.78, 5) is 11.1. The first kappa shape index (κ1) is 7.58.